The van der Waals surface area contributed by atoms with E-state index in [-0.39, 0.29) is 0 Å². The summed E-state index contributed by atoms with van der Waals surface area (Å²) in [6.07, 6.45) is 2.35. The van der Waals surface area contributed by atoms with Gasteiger partial charge in [-0.15, -0.1) is 0 Å². The van der Waals surface area contributed by atoms with Crippen molar-refractivity contribution in [1.29, 1.82) is 0 Å². The second kappa shape index (κ2) is 14.4. The summed E-state index contributed by atoms with van der Waals surface area (Å²) in [7, 11) is 0. The predicted octanol–water partition coefficient (Wildman–Crippen LogP) is 1.78. The summed E-state index contributed by atoms with van der Waals surface area (Å²) >= 11 is 0. The van der Waals surface area contributed by atoms with Gasteiger partial charge in [-0.05, 0) is 13.8 Å². The van der Waals surface area contributed by atoms with Crippen LogP contribution in [0.1, 0.15) is 13.8 Å². The average molecular weight is 261 g/mol. The quantitative estimate of drug-likeness (QED) is 0.352. The Morgan fingerprint density at radius 1 is 0.778 bits per heavy atom. The van der Waals surface area contributed by atoms with E-state index in [0.717, 1.165) is 6.10 Å². The highest BCUT2D eigenvalue weighted by Gasteiger charge is 1.94. The third-order valence-electron chi connectivity index (χ3n) is 1.83. The van der Waals surface area contributed by atoms with Gasteiger partial charge in [-0.1, -0.05) is 6.58 Å². The summed E-state index contributed by atoms with van der Waals surface area (Å²) in [6.45, 7) is 11.8. The van der Waals surface area contributed by atoms with Crippen molar-refractivity contribution in [1.82, 2.24) is 0 Å². The molecule has 5 heteroatoms. The van der Waals surface area contributed by atoms with Gasteiger partial charge in [0.2, 0.25) is 0 Å². The molecule has 0 saturated carbocycles. The molecule has 0 atom stereocenters. The molecule has 0 bridgehead atoms. The summed E-state index contributed by atoms with van der Waals surface area (Å²) in [5.74, 6) is 0. The lowest BCUT2D eigenvalue weighted by molar-refractivity contribution is -0.00403. The zero-order chi connectivity index (χ0) is 13.5. The fourth-order valence-corrected chi connectivity index (χ4v) is 1.04. The fourth-order valence-electron chi connectivity index (χ4n) is 1.04. The van der Waals surface area contributed by atoms with Crippen LogP contribution in [0.4, 0.5) is 0 Å². The number of hydrogen-bond acceptors (Lipinski definition) is 5. The molecule has 5 nitrogen and oxygen atoms in total. The van der Waals surface area contributed by atoms with Gasteiger partial charge in [0.25, 0.3) is 0 Å². The fraction of sp³-hybridized carbons (Fsp3) is 0.769. The topological polar surface area (TPSA) is 46.2 Å². The Kier molecular flexibility index (Phi) is 13.9. The summed E-state index contributed by atoms with van der Waals surface area (Å²) < 4.78 is 26.0. The van der Waals surface area contributed by atoms with Gasteiger partial charge in [-0.2, -0.15) is 0 Å². The van der Waals surface area contributed by atoms with E-state index >= 15 is 0 Å². The van der Waals surface area contributed by atoms with Crippen LogP contribution in [0.25, 0.3) is 0 Å². The van der Waals surface area contributed by atoms with E-state index in [1.54, 1.807) is 0 Å². The van der Waals surface area contributed by atoms with Gasteiger partial charge in [0.1, 0.15) is 6.61 Å². The number of hydrogen-bond donors (Lipinski definition) is 0. The molecule has 0 aliphatic rings. The van der Waals surface area contributed by atoms with Crippen molar-refractivity contribution >= 4 is 0 Å². The van der Waals surface area contributed by atoms with Crippen LogP contribution >= 0.6 is 0 Å². The third-order valence-corrected chi connectivity index (χ3v) is 1.83. The predicted molar refractivity (Wildman–Crippen MR) is 69.1 cm³/mol. The van der Waals surface area contributed by atoms with E-state index in [4.69, 9.17) is 23.7 Å². The minimum absolute atomic E-state index is 0.528. The Hall–Kier alpha value is -0.620. The largest absolute Gasteiger partial charge is 0.499 e. The van der Waals surface area contributed by atoms with Crippen LogP contribution < -0.4 is 0 Å². The smallest absolute Gasteiger partial charge is 0.111 e. The van der Waals surface area contributed by atoms with Crippen molar-refractivity contribution in [2.75, 3.05) is 52.9 Å². The lowest BCUT2D eigenvalue weighted by Crippen LogP contribution is -2.13. The minimum Gasteiger partial charge on any atom is -0.499 e. The SMILES string of the molecule is C=COCCOCCOCCOCCO[C](C)C. The van der Waals surface area contributed by atoms with Crippen molar-refractivity contribution in [3.8, 4) is 0 Å². The second-order valence-electron chi connectivity index (χ2n) is 3.63. The van der Waals surface area contributed by atoms with E-state index in [1.165, 1.54) is 6.26 Å². The molecule has 0 aromatic carbocycles. The molecule has 0 aliphatic heterocycles. The standard InChI is InChI=1S/C13H25O5/c1-4-14-5-6-15-7-8-16-9-10-17-11-12-18-13(2)3/h4H,1,5-12H2,2-3H3. The zero-order valence-corrected chi connectivity index (χ0v) is 11.5. The zero-order valence-electron chi connectivity index (χ0n) is 11.5. The van der Waals surface area contributed by atoms with Crippen LogP contribution in [0.2, 0.25) is 0 Å². The van der Waals surface area contributed by atoms with Crippen LogP contribution in [0.3, 0.4) is 0 Å². The third kappa shape index (κ3) is 15.4. The first kappa shape index (κ1) is 17.4. The van der Waals surface area contributed by atoms with Crippen molar-refractivity contribution in [3.05, 3.63) is 18.9 Å². The van der Waals surface area contributed by atoms with E-state index in [9.17, 15) is 0 Å². The molecular weight excluding hydrogens is 236 g/mol. The van der Waals surface area contributed by atoms with Crippen molar-refractivity contribution < 1.29 is 23.7 Å². The molecule has 0 amide bonds. The molecule has 0 saturated heterocycles. The first-order valence-corrected chi connectivity index (χ1v) is 6.16. The Labute approximate surface area is 110 Å². The van der Waals surface area contributed by atoms with Gasteiger partial charge in [-0.25, -0.2) is 0 Å². The summed E-state index contributed by atoms with van der Waals surface area (Å²) in [5, 5.41) is 0. The second-order valence-corrected chi connectivity index (χ2v) is 3.63. The van der Waals surface area contributed by atoms with Gasteiger partial charge in [0.05, 0.1) is 58.6 Å². The molecule has 0 rings (SSSR count). The van der Waals surface area contributed by atoms with Crippen LogP contribution in [0, 0.1) is 6.10 Å². The lowest BCUT2D eigenvalue weighted by atomic mass is 10.5. The molecule has 0 N–H and O–H groups in total. The van der Waals surface area contributed by atoms with Crippen LogP contribution in [0.15, 0.2) is 12.8 Å². The maximum absolute atomic E-state index is 5.31. The van der Waals surface area contributed by atoms with Crippen LogP contribution in [-0.2, 0) is 23.7 Å². The molecule has 0 aromatic heterocycles. The Bertz CT molecular complexity index is 173. The van der Waals surface area contributed by atoms with Gasteiger partial charge >= 0.3 is 0 Å². The molecule has 0 spiro atoms. The summed E-state index contributed by atoms with van der Waals surface area (Å²) in [4.78, 5) is 0. The van der Waals surface area contributed by atoms with Crippen LogP contribution in [-0.4, -0.2) is 52.9 Å². The molecule has 0 aromatic rings. The Balaban J connectivity index is 2.92. The summed E-state index contributed by atoms with van der Waals surface area (Å²) in [6, 6.07) is 0. The molecule has 107 valence electrons. The van der Waals surface area contributed by atoms with Gasteiger partial charge in [0.15, 0.2) is 0 Å². The van der Waals surface area contributed by atoms with E-state index in [2.05, 4.69) is 6.58 Å². The first-order valence-electron chi connectivity index (χ1n) is 6.16. The number of rotatable bonds is 14. The van der Waals surface area contributed by atoms with Gasteiger partial charge in [-0.3, -0.25) is 0 Å². The molecule has 0 heterocycles. The van der Waals surface area contributed by atoms with Crippen LogP contribution in [0.5, 0.6) is 0 Å². The molecule has 0 unspecified atom stereocenters. The monoisotopic (exact) mass is 261 g/mol. The molecular formula is C13H25O5. The van der Waals surface area contributed by atoms with Crippen molar-refractivity contribution in [3.63, 3.8) is 0 Å². The highest BCUT2D eigenvalue weighted by molar-refractivity contribution is 4.59. The summed E-state index contributed by atoms with van der Waals surface area (Å²) in [5.41, 5.74) is 0. The van der Waals surface area contributed by atoms with Crippen molar-refractivity contribution in [2.24, 2.45) is 0 Å². The molecule has 0 aliphatic carbocycles. The van der Waals surface area contributed by atoms with E-state index < -0.39 is 0 Å². The van der Waals surface area contributed by atoms with Crippen molar-refractivity contribution in [2.45, 2.75) is 13.8 Å². The molecule has 18 heavy (non-hydrogen) atoms. The van der Waals surface area contributed by atoms with Gasteiger partial charge < -0.3 is 23.7 Å². The lowest BCUT2D eigenvalue weighted by Gasteiger charge is -2.08. The molecule has 1 radical (unpaired) electrons. The highest BCUT2D eigenvalue weighted by atomic mass is 16.6. The Morgan fingerprint density at radius 3 is 1.67 bits per heavy atom. The normalized spacial score (nSPS) is 10.8. The number of ether oxygens (including phenoxy) is 5. The highest BCUT2D eigenvalue weighted by Crippen LogP contribution is 1.95. The van der Waals surface area contributed by atoms with E-state index in [1.807, 2.05) is 13.8 Å². The average Bonchev–Trinajstić information content (AvgIpc) is 2.34. The Morgan fingerprint density at radius 2 is 1.22 bits per heavy atom. The van der Waals surface area contributed by atoms with E-state index in [0.29, 0.717) is 52.9 Å². The van der Waals surface area contributed by atoms with Gasteiger partial charge in [0, 0.05) is 0 Å². The first-order chi connectivity index (χ1) is 8.77. The maximum Gasteiger partial charge on any atom is 0.111 e. The molecule has 0 fully saturated rings. The maximum atomic E-state index is 5.31. The minimum atomic E-state index is 0.528.